The van der Waals surface area contributed by atoms with Gasteiger partial charge in [0.25, 0.3) is 0 Å². The third kappa shape index (κ3) is 5.73. The highest BCUT2D eigenvalue weighted by Crippen LogP contribution is 2.33. The monoisotopic (exact) mass is 283 g/mol. The van der Waals surface area contributed by atoms with Crippen LogP contribution in [0.3, 0.4) is 0 Å². The minimum absolute atomic E-state index is 0.131. The second-order valence-electron chi connectivity index (χ2n) is 8.01. The number of hydrogen-bond acceptors (Lipinski definition) is 2. The molecule has 0 radical (unpaired) electrons. The van der Waals surface area contributed by atoms with Crippen LogP contribution in [0.25, 0.3) is 0 Å². The lowest BCUT2D eigenvalue weighted by atomic mass is 9.77. The van der Waals surface area contributed by atoms with Gasteiger partial charge in [-0.05, 0) is 62.4 Å². The van der Waals surface area contributed by atoms with E-state index in [1.165, 1.54) is 19.3 Å². The summed E-state index contributed by atoms with van der Waals surface area (Å²) in [5.74, 6) is 2.78. The number of nitrogens with zero attached hydrogens (tertiary/aromatic N) is 1. The van der Waals surface area contributed by atoms with Crippen LogP contribution in [-0.2, 0) is 0 Å². The minimum atomic E-state index is -0.131. The highest BCUT2D eigenvalue weighted by atomic mass is 16.3. The molecule has 1 aliphatic carbocycles. The van der Waals surface area contributed by atoms with E-state index in [4.69, 9.17) is 0 Å². The summed E-state index contributed by atoms with van der Waals surface area (Å²) in [5.41, 5.74) is 0. The Labute approximate surface area is 126 Å². The third-order valence-corrected chi connectivity index (χ3v) is 4.80. The van der Waals surface area contributed by atoms with Crippen molar-refractivity contribution in [1.29, 1.82) is 0 Å². The van der Waals surface area contributed by atoms with Crippen molar-refractivity contribution in [2.45, 2.75) is 79.4 Å². The molecule has 1 rings (SSSR count). The van der Waals surface area contributed by atoms with Gasteiger partial charge in [-0.25, -0.2) is 0 Å². The van der Waals surface area contributed by atoms with Crippen LogP contribution in [0.5, 0.6) is 0 Å². The van der Waals surface area contributed by atoms with E-state index in [9.17, 15) is 5.11 Å². The van der Waals surface area contributed by atoms with Crippen molar-refractivity contribution in [3.63, 3.8) is 0 Å². The summed E-state index contributed by atoms with van der Waals surface area (Å²) in [7, 11) is 0. The average molecular weight is 284 g/mol. The molecule has 0 heterocycles. The topological polar surface area (TPSA) is 23.5 Å². The van der Waals surface area contributed by atoms with Crippen molar-refractivity contribution >= 4 is 0 Å². The molecule has 1 N–H and O–H groups in total. The van der Waals surface area contributed by atoms with Gasteiger partial charge in [-0.3, -0.25) is 4.90 Å². The van der Waals surface area contributed by atoms with Crippen LogP contribution < -0.4 is 0 Å². The zero-order chi connectivity index (χ0) is 15.3. The van der Waals surface area contributed by atoms with Crippen LogP contribution in [0.15, 0.2) is 0 Å². The minimum Gasteiger partial charge on any atom is -0.391 e. The molecule has 2 heteroatoms. The fraction of sp³-hybridized carbons (Fsp3) is 1.00. The van der Waals surface area contributed by atoms with Crippen molar-refractivity contribution in [1.82, 2.24) is 4.90 Å². The lowest BCUT2D eigenvalue weighted by Crippen LogP contribution is -2.52. The van der Waals surface area contributed by atoms with Crippen LogP contribution in [-0.4, -0.2) is 35.2 Å². The zero-order valence-corrected chi connectivity index (χ0v) is 14.6. The molecule has 0 bridgehead atoms. The van der Waals surface area contributed by atoms with Crippen molar-refractivity contribution in [2.75, 3.05) is 13.1 Å². The molecule has 120 valence electrons. The summed E-state index contributed by atoms with van der Waals surface area (Å²) >= 11 is 0. The molecule has 4 unspecified atom stereocenters. The molecule has 1 saturated carbocycles. The van der Waals surface area contributed by atoms with Gasteiger partial charge in [0.05, 0.1) is 6.10 Å². The second-order valence-corrected chi connectivity index (χ2v) is 8.01. The van der Waals surface area contributed by atoms with Gasteiger partial charge in [0, 0.05) is 6.04 Å². The Kier molecular flexibility index (Phi) is 7.53. The maximum atomic E-state index is 10.6. The Balaban J connectivity index is 2.68. The van der Waals surface area contributed by atoms with Gasteiger partial charge in [-0.2, -0.15) is 0 Å². The molecule has 1 aliphatic rings. The van der Waals surface area contributed by atoms with Gasteiger partial charge in [0.2, 0.25) is 0 Å². The van der Waals surface area contributed by atoms with Gasteiger partial charge in [-0.1, -0.05) is 41.5 Å². The number of hydrogen-bond donors (Lipinski definition) is 1. The Bertz CT molecular complexity index is 240. The summed E-state index contributed by atoms with van der Waals surface area (Å²) in [5, 5.41) is 10.6. The second kappa shape index (κ2) is 8.38. The van der Waals surface area contributed by atoms with Crippen LogP contribution in [0, 0.1) is 23.7 Å². The molecule has 0 aromatic rings. The lowest BCUT2D eigenvalue weighted by molar-refractivity contribution is -0.0273. The van der Waals surface area contributed by atoms with E-state index in [1.807, 2.05) is 0 Å². The van der Waals surface area contributed by atoms with Crippen molar-refractivity contribution in [2.24, 2.45) is 23.7 Å². The van der Waals surface area contributed by atoms with Gasteiger partial charge >= 0.3 is 0 Å². The molecular formula is C18H37NO. The molecule has 0 aliphatic heterocycles. The van der Waals surface area contributed by atoms with E-state index in [0.717, 1.165) is 31.3 Å². The first kappa shape index (κ1) is 18.0. The van der Waals surface area contributed by atoms with Gasteiger partial charge < -0.3 is 5.11 Å². The van der Waals surface area contributed by atoms with E-state index < -0.39 is 0 Å². The first-order valence-electron chi connectivity index (χ1n) is 8.73. The molecule has 1 fully saturated rings. The van der Waals surface area contributed by atoms with Crippen molar-refractivity contribution in [3.8, 4) is 0 Å². The van der Waals surface area contributed by atoms with Crippen molar-refractivity contribution in [3.05, 3.63) is 0 Å². The highest BCUT2D eigenvalue weighted by molar-refractivity contribution is 4.90. The van der Waals surface area contributed by atoms with Crippen LogP contribution in [0.4, 0.5) is 0 Å². The Morgan fingerprint density at radius 1 is 0.950 bits per heavy atom. The average Bonchev–Trinajstić information content (AvgIpc) is 2.29. The number of aliphatic hydroxyl groups excluding tert-OH is 1. The zero-order valence-electron chi connectivity index (χ0n) is 14.6. The van der Waals surface area contributed by atoms with E-state index in [2.05, 4.69) is 46.4 Å². The first-order valence-corrected chi connectivity index (χ1v) is 8.73. The third-order valence-electron chi connectivity index (χ3n) is 4.80. The molecule has 0 saturated heterocycles. The van der Waals surface area contributed by atoms with Crippen LogP contribution >= 0.6 is 0 Å². The van der Waals surface area contributed by atoms with E-state index >= 15 is 0 Å². The van der Waals surface area contributed by atoms with Gasteiger partial charge in [0.15, 0.2) is 0 Å². The highest BCUT2D eigenvalue weighted by Gasteiger charge is 2.36. The lowest BCUT2D eigenvalue weighted by Gasteiger charge is -2.44. The molecule has 20 heavy (non-hydrogen) atoms. The van der Waals surface area contributed by atoms with Crippen molar-refractivity contribution < 1.29 is 5.11 Å². The molecule has 2 nitrogen and oxygen atoms in total. The predicted molar refractivity (Wildman–Crippen MR) is 87.8 cm³/mol. The molecule has 0 aromatic heterocycles. The first-order chi connectivity index (χ1) is 9.31. The standard InChI is InChI=1S/C18H37NO/c1-13(2)7-9-19(10-8-14(3)4)18-16(6)11-15(5)12-17(18)20/h13-18,20H,7-12H2,1-6H3. The predicted octanol–water partition coefficient (Wildman–Crippen LogP) is 4.18. The summed E-state index contributed by atoms with van der Waals surface area (Å²) in [6, 6.07) is 0.378. The van der Waals surface area contributed by atoms with E-state index in [1.54, 1.807) is 0 Å². The Morgan fingerprint density at radius 3 is 1.85 bits per heavy atom. The molecule has 0 aromatic carbocycles. The van der Waals surface area contributed by atoms with Gasteiger partial charge in [-0.15, -0.1) is 0 Å². The molecule has 0 amide bonds. The van der Waals surface area contributed by atoms with Crippen LogP contribution in [0.2, 0.25) is 0 Å². The number of aliphatic hydroxyl groups is 1. The summed E-state index contributed by atoms with van der Waals surface area (Å²) in [4.78, 5) is 2.60. The SMILES string of the molecule is CC(C)CCN(CCC(C)C)C1C(C)CC(C)CC1O. The molecule has 0 spiro atoms. The molecule has 4 atom stereocenters. The largest absolute Gasteiger partial charge is 0.391 e. The maximum Gasteiger partial charge on any atom is 0.0700 e. The van der Waals surface area contributed by atoms with E-state index in [-0.39, 0.29) is 6.10 Å². The smallest absolute Gasteiger partial charge is 0.0700 e. The van der Waals surface area contributed by atoms with E-state index in [0.29, 0.717) is 17.9 Å². The quantitative estimate of drug-likeness (QED) is 0.758. The fourth-order valence-corrected chi connectivity index (χ4v) is 3.66. The van der Waals surface area contributed by atoms with Gasteiger partial charge in [0.1, 0.15) is 0 Å². The van der Waals surface area contributed by atoms with Crippen LogP contribution in [0.1, 0.15) is 67.2 Å². The normalized spacial score (nSPS) is 31.5. The Hall–Kier alpha value is -0.0800. The summed E-state index contributed by atoms with van der Waals surface area (Å²) in [6.07, 6.45) is 4.59. The Morgan fingerprint density at radius 2 is 1.45 bits per heavy atom. The molecular weight excluding hydrogens is 246 g/mol. The maximum absolute atomic E-state index is 10.6. The summed E-state index contributed by atoms with van der Waals surface area (Å²) in [6.45, 7) is 16.1. The summed E-state index contributed by atoms with van der Waals surface area (Å²) < 4.78 is 0. The number of rotatable bonds is 7. The fourth-order valence-electron chi connectivity index (χ4n) is 3.66.